The van der Waals surface area contributed by atoms with E-state index in [4.69, 9.17) is 4.42 Å². The maximum Gasteiger partial charge on any atom is 0.161 e. The van der Waals surface area contributed by atoms with Crippen molar-refractivity contribution in [1.29, 1.82) is 0 Å². The molecule has 0 amide bonds. The fourth-order valence-corrected chi connectivity index (χ4v) is 3.33. The number of furan rings is 1. The Bertz CT molecular complexity index is 728. The largest absolute Gasteiger partial charge is 0.542 e. The molecular formula is C14H13O5S-. The van der Waals surface area contributed by atoms with Gasteiger partial charge in [0, 0.05) is 0 Å². The van der Waals surface area contributed by atoms with Crippen LogP contribution < -0.4 is 5.11 Å². The van der Waals surface area contributed by atoms with Gasteiger partial charge in [-0.15, -0.1) is 0 Å². The standard InChI is InChI=1S/C14H14O5S/c1-10-4-2-3-5-11(10)8-20(17,18)9-12-6-7-13(19-12)14(15)16/h2-7H,8-9H2,1H3,(H,15,16)/p-1. The minimum atomic E-state index is -3.43. The lowest BCUT2D eigenvalue weighted by atomic mass is 10.1. The molecule has 20 heavy (non-hydrogen) atoms. The molecule has 0 unspecified atom stereocenters. The molecule has 6 heteroatoms. The molecule has 0 saturated carbocycles. The van der Waals surface area contributed by atoms with Crippen molar-refractivity contribution in [2.75, 3.05) is 0 Å². The smallest absolute Gasteiger partial charge is 0.161 e. The van der Waals surface area contributed by atoms with E-state index in [2.05, 4.69) is 0 Å². The third-order valence-electron chi connectivity index (χ3n) is 2.86. The quantitative estimate of drug-likeness (QED) is 0.822. The van der Waals surface area contributed by atoms with E-state index in [1.165, 1.54) is 12.1 Å². The summed E-state index contributed by atoms with van der Waals surface area (Å²) in [5, 5.41) is 10.6. The minimum absolute atomic E-state index is 0.0952. The van der Waals surface area contributed by atoms with E-state index in [0.717, 1.165) is 11.1 Å². The molecule has 0 aliphatic rings. The Kier molecular flexibility index (Phi) is 3.94. The van der Waals surface area contributed by atoms with E-state index in [9.17, 15) is 18.3 Å². The van der Waals surface area contributed by atoms with E-state index in [-0.39, 0.29) is 23.0 Å². The first-order valence-electron chi connectivity index (χ1n) is 5.92. The Morgan fingerprint density at radius 2 is 1.85 bits per heavy atom. The second-order valence-electron chi connectivity index (χ2n) is 4.51. The van der Waals surface area contributed by atoms with Crippen molar-refractivity contribution in [3.8, 4) is 0 Å². The molecule has 2 aromatic rings. The van der Waals surface area contributed by atoms with Crippen LogP contribution in [-0.2, 0) is 21.3 Å². The molecule has 0 spiro atoms. The maximum atomic E-state index is 12.1. The molecule has 1 aromatic carbocycles. The third-order valence-corrected chi connectivity index (χ3v) is 4.34. The molecule has 1 aromatic heterocycles. The summed E-state index contributed by atoms with van der Waals surface area (Å²) in [5.74, 6) is -2.19. The van der Waals surface area contributed by atoms with E-state index >= 15 is 0 Å². The average Bonchev–Trinajstić information content (AvgIpc) is 2.79. The number of benzene rings is 1. The Labute approximate surface area is 116 Å². The SMILES string of the molecule is Cc1ccccc1CS(=O)(=O)Cc1ccc(C(=O)[O-])o1. The summed E-state index contributed by atoms with van der Waals surface area (Å²) in [5.41, 5.74) is 1.62. The predicted molar refractivity (Wildman–Crippen MR) is 70.5 cm³/mol. The van der Waals surface area contributed by atoms with Crippen LogP contribution >= 0.6 is 0 Å². The molecule has 0 atom stereocenters. The van der Waals surface area contributed by atoms with Gasteiger partial charge in [0.05, 0.1) is 5.75 Å². The molecule has 0 N–H and O–H groups in total. The van der Waals surface area contributed by atoms with Crippen molar-refractivity contribution in [3.05, 3.63) is 59.0 Å². The van der Waals surface area contributed by atoms with Gasteiger partial charge in [0.25, 0.3) is 0 Å². The molecular weight excluding hydrogens is 280 g/mol. The van der Waals surface area contributed by atoms with Crippen molar-refractivity contribution in [1.82, 2.24) is 0 Å². The van der Waals surface area contributed by atoms with Crippen LogP contribution in [0.1, 0.15) is 27.4 Å². The molecule has 106 valence electrons. The second kappa shape index (κ2) is 5.50. The zero-order chi connectivity index (χ0) is 14.8. The van der Waals surface area contributed by atoms with Gasteiger partial charge >= 0.3 is 0 Å². The van der Waals surface area contributed by atoms with Crippen molar-refractivity contribution >= 4 is 15.8 Å². The van der Waals surface area contributed by atoms with Gasteiger partial charge in [-0.1, -0.05) is 24.3 Å². The molecule has 0 radical (unpaired) electrons. The summed E-state index contributed by atoms with van der Waals surface area (Å²) < 4.78 is 29.1. The number of hydrogen-bond donors (Lipinski definition) is 0. The number of sulfone groups is 1. The van der Waals surface area contributed by atoms with Crippen LogP contribution in [0.25, 0.3) is 0 Å². The van der Waals surface area contributed by atoms with Gasteiger partial charge in [-0.3, -0.25) is 0 Å². The van der Waals surface area contributed by atoms with Crippen LogP contribution in [-0.4, -0.2) is 14.4 Å². The highest BCUT2D eigenvalue weighted by molar-refractivity contribution is 7.89. The fourth-order valence-electron chi connectivity index (χ4n) is 1.84. The number of aromatic carboxylic acids is 1. The average molecular weight is 293 g/mol. The molecule has 0 fully saturated rings. The highest BCUT2D eigenvalue weighted by Crippen LogP contribution is 2.17. The van der Waals surface area contributed by atoms with Gasteiger partial charge in [0.1, 0.15) is 23.2 Å². The summed E-state index contributed by atoms with van der Waals surface area (Å²) >= 11 is 0. The number of aryl methyl sites for hydroxylation is 1. The van der Waals surface area contributed by atoms with Gasteiger partial charge in [0.15, 0.2) is 9.84 Å². The lowest BCUT2D eigenvalue weighted by Gasteiger charge is -2.06. The first-order chi connectivity index (χ1) is 9.37. The highest BCUT2D eigenvalue weighted by atomic mass is 32.2. The monoisotopic (exact) mass is 293 g/mol. The lowest BCUT2D eigenvalue weighted by molar-refractivity contribution is -0.257. The van der Waals surface area contributed by atoms with Crippen molar-refractivity contribution in [2.45, 2.75) is 18.4 Å². The fraction of sp³-hybridized carbons (Fsp3) is 0.214. The Morgan fingerprint density at radius 3 is 2.45 bits per heavy atom. The maximum absolute atomic E-state index is 12.1. The molecule has 1 heterocycles. The van der Waals surface area contributed by atoms with Gasteiger partial charge in [-0.25, -0.2) is 8.42 Å². The van der Waals surface area contributed by atoms with Crippen LogP contribution in [0.4, 0.5) is 0 Å². The Balaban J connectivity index is 2.15. The Morgan fingerprint density at radius 1 is 1.15 bits per heavy atom. The number of carboxylic acid groups (broad SMARTS) is 1. The van der Waals surface area contributed by atoms with E-state index in [1.807, 2.05) is 19.1 Å². The topological polar surface area (TPSA) is 87.4 Å². The first kappa shape index (κ1) is 14.3. The molecule has 0 aliphatic heterocycles. The molecule has 0 bridgehead atoms. The number of carboxylic acids is 1. The van der Waals surface area contributed by atoms with Gasteiger partial charge in [0.2, 0.25) is 0 Å². The van der Waals surface area contributed by atoms with Gasteiger partial charge in [-0.2, -0.15) is 0 Å². The van der Waals surface area contributed by atoms with Crippen molar-refractivity contribution in [3.63, 3.8) is 0 Å². The van der Waals surface area contributed by atoms with E-state index in [1.54, 1.807) is 12.1 Å². The number of carbonyl (C=O) groups excluding carboxylic acids is 1. The number of rotatable bonds is 5. The second-order valence-corrected chi connectivity index (χ2v) is 6.58. The summed E-state index contributed by atoms with van der Waals surface area (Å²) in [6.45, 7) is 1.84. The van der Waals surface area contributed by atoms with Crippen molar-refractivity contribution < 1.29 is 22.7 Å². The van der Waals surface area contributed by atoms with E-state index < -0.39 is 15.8 Å². The zero-order valence-electron chi connectivity index (χ0n) is 10.8. The lowest BCUT2D eigenvalue weighted by Crippen LogP contribution is -2.21. The van der Waals surface area contributed by atoms with Crippen LogP contribution in [0.2, 0.25) is 0 Å². The molecule has 5 nitrogen and oxygen atoms in total. The summed E-state index contributed by atoms with van der Waals surface area (Å²) in [6.07, 6.45) is 0. The number of hydrogen-bond acceptors (Lipinski definition) is 5. The molecule has 0 aliphatic carbocycles. The van der Waals surface area contributed by atoms with Crippen LogP contribution in [0, 0.1) is 6.92 Å². The normalized spacial score (nSPS) is 11.4. The minimum Gasteiger partial charge on any atom is -0.542 e. The first-order valence-corrected chi connectivity index (χ1v) is 7.74. The highest BCUT2D eigenvalue weighted by Gasteiger charge is 2.17. The number of carbonyl (C=O) groups is 1. The van der Waals surface area contributed by atoms with Gasteiger partial charge < -0.3 is 14.3 Å². The van der Waals surface area contributed by atoms with E-state index in [0.29, 0.717) is 0 Å². The predicted octanol–water partition coefficient (Wildman–Crippen LogP) is 1.07. The van der Waals surface area contributed by atoms with Gasteiger partial charge in [-0.05, 0) is 30.2 Å². The van der Waals surface area contributed by atoms with Crippen LogP contribution in [0.5, 0.6) is 0 Å². The van der Waals surface area contributed by atoms with Crippen LogP contribution in [0.3, 0.4) is 0 Å². The third kappa shape index (κ3) is 3.48. The summed E-state index contributed by atoms with van der Waals surface area (Å²) in [6, 6.07) is 9.73. The van der Waals surface area contributed by atoms with Crippen LogP contribution in [0.15, 0.2) is 40.8 Å². The molecule has 0 saturated heterocycles. The Hall–Kier alpha value is -2.08. The van der Waals surface area contributed by atoms with Crippen molar-refractivity contribution in [2.24, 2.45) is 0 Å². The molecule has 2 rings (SSSR count). The summed E-state index contributed by atoms with van der Waals surface area (Å²) in [4.78, 5) is 10.6. The zero-order valence-corrected chi connectivity index (χ0v) is 11.6. The summed E-state index contributed by atoms with van der Waals surface area (Å²) in [7, 11) is -3.43.